The lowest BCUT2D eigenvalue weighted by Crippen LogP contribution is -2.53. The van der Waals surface area contributed by atoms with Gasteiger partial charge in [-0.3, -0.25) is 0 Å². The molecule has 1 aromatic heterocycles. The van der Waals surface area contributed by atoms with Gasteiger partial charge >= 0.3 is 5.97 Å². The number of carbonyl (C=O) groups excluding carboxylic acids is 1. The summed E-state index contributed by atoms with van der Waals surface area (Å²) in [5.41, 5.74) is 0.543. The number of hydrogen-bond donors (Lipinski definition) is 1. The minimum Gasteiger partial charge on any atom is -0.465 e. The van der Waals surface area contributed by atoms with Gasteiger partial charge in [0.05, 0.1) is 12.7 Å². The lowest BCUT2D eigenvalue weighted by molar-refractivity contribution is 0.0600. The first kappa shape index (κ1) is 12.4. The Morgan fingerprint density at radius 3 is 2.89 bits per heavy atom. The first-order chi connectivity index (χ1) is 9.26. The van der Waals surface area contributed by atoms with Crippen molar-refractivity contribution in [2.45, 2.75) is 18.9 Å². The monoisotopic (exact) mass is 261 g/mol. The van der Waals surface area contributed by atoms with Crippen molar-refractivity contribution in [1.82, 2.24) is 9.88 Å². The van der Waals surface area contributed by atoms with Gasteiger partial charge in [-0.1, -0.05) is 0 Å². The molecule has 3 aliphatic heterocycles. The van der Waals surface area contributed by atoms with E-state index in [1.165, 1.54) is 33.0 Å². The number of nitrogens with one attached hydrogen (secondary N) is 1. The Bertz CT molecular complexity index is 470. The van der Waals surface area contributed by atoms with Crippen molar-refractivity contribution >= 4 is 11.8 Å². The summed E-state index contributed by atoms with van der Waals surface area (Å²) in [5, 5.41) is 3.47. The topological polar surface area (TPSA) is 54.5 Å². The van der Waals surface area contributed by atoms with Crippen LogP contribution >= 0.6 is 0 Å². The lowest BCUT2D eigenvalue weighted by Gasteiger charge is -2.45. The first-order valence-electron chi connectivity index (χ1n) is 6.79. The van der Waals surface area contributed by atoms with Gasteiger partial charge in [0.2, 0.25) is 0 Å². The standard InChI is InChI=1S/C14H19N3O2/c1-19-14(18)11-2-5-15-13(8-11)16-12-9-17-6-3-10(12)4-7-17/h2,5,8,10,12H,3-4,6-7,9H2,1H3,(H,15,16). The molecule has 3 fully saturated rings. The highest BCUT2D eigenvalue weighted by molar-refractivity contribution is 5.89. The van der Waals surface area contributed by atoms with Gasteiger partial charge in [-0.15, -0.1) is 0 Å². The van der Waals surface area contributed by atoms with E-state index in [2.05, 4.69) is 15.2 Å². The molecule has 3 aliphatic rings. The predicted octanol–water partition coefficient (Wildman–Crippen LogP) is 1.37. The number of rotatable bonds is 3. The summed E-state index contributed by atoms with van der Waals surface area (Å²) >= 11 is 0. The highest BCUT2D eigenvalue weighted by atomic mass is 16.5. The largest absolute Gasteiger partial charge is 0.465 e. The van der Waals surface area contributed by atoms with Crippen LogP contribution in [-0.2, 0) is 4.74 Å². The summed E-state index contributed by atoms with van der Waals surface area (Å²) in [6.07, 6.45) is 4.17. The maximum Gasteiger partial charge on any atom is 0.338 e. The molecule has 19 heavy (non-hydrogen) atoms. The van der Waals surface area contributed by atoms with Crippen molar-refractivity contribution in [2.24, 2.45) is 5.92 Å². The van der Waals surface area contributed by atoms with E-state index in [0.717, 1.165) is 18.3 Å². The molecule has 1 atom stereocenters. The highest BCUT2D eigenvalue weighted by Crippen LogP contribution is 2.29. The van der Waals surface area contributed by atoms with Gasteiger partial charge in [-0.25, -0.2) is 9.78 Å². The number of pyridine rings is 1. The van der Waals surface area contributed by atoms with Crippen molar-refractivity contribution < 1.29 is 9.53 Å². The van der Waals surface area contributed by atoms with E-state index in [0.29, 0.717) is 11.6 Å². The zero-order valence-corrected chi connectivity index (χ0v) is 11.1. The molecular formula is C14H19N3O2. The second-order valence-corrected chi connectivity index (χ2v) is 5.31. The van der Waals surface area contributed by atoms with Crippen LogP contribution in [0.1, 0.15) is 23.2 Å². The van der Waals surface area contributed by atoms with Crippen LogP contribution in [-0.4, -0.2) is 48.6 Å². The van der Waals surface area contributed by atoms with E-state index in [1.54, 1.807) is 18.3 Å². The third-order valence-corrected chi connectivity index (χ3v) is 4.17. The van der Waals surface area contributed by atoms with Crippen molar-refractivity contribution in [1.29, 1.82) is 0 Å². The molecule has 0 amide bonds. The van der Waals surface area contributed by atoms with Gasteiger partial charge in [0.15, 0.2) is 0 Å². The Morgan fingerprint density at radius 2 is 2.26 bits per heavy atom. The SMILES string of the molecule is COC(=O)c1ccnc(NC2CN3CCC2CC3)c1. The fourth-order valence-electron chi connectivity index (χ4n) is 3.07. The number of aromatic nitrogens is 1. The molecule has 2 bridgehead atoms. The maximum absolute atomic E-state index is 11.5. The van der Waals surface area contributed by atoms with Crippen LogP contribution in [0, 0.1) is 5.92 Å². The van der Waals surface area contributed by atoms with Crippen molar-refractivity contribution in [3.05, 3.63) is 23.9 Å². The summed E-state index contributed by atoms with van der Waals surface area (Å²) in [4.78, 5) is 18.3. The van der Waals surface area contributed by atoms with Crippen LogP contribution in [0.15, 0.2) is 18.3 Å². The van der Waals surface area contributed by atoms with E-state index in [4.69, 9.17) is 4.74 Å². The number of carbonyl (C=O) groups is 1. The molecule has 0 saturated carbocycles. The Labute approximate surface area is 113 Å². The number of ether oxygens (including phenoxy) is 1. The maximum atomic E-state index is 11.5. The number of piperidine rings is 3. The molecule has 102 valence electrons. The number of hydrogen-bond acceptors (Lipinski definition) is 5. The van der Waals surface area contributed by atoms with Crippen LogP contribution in [0.2, 0.25) is 0 Å². The van der Waals surface area contributed by atoms with Crippen molar-refractivity contribution in [3.63, 3.8) is 0 Å². The van der Waals surface area contributed by atoms with E-state index < -0.39 is 0 Å². The molecule has 0 aromatic carbocycles. The van der Waals surface area contributed by atoms with Gasteiger partial charge in [-0.2, -0.15) is 0 Å². The zero-order chi connectivity index (χ0) is 13.2. The number of esters is 1. The number of anilines is 1. The van der Waals surface area contributed by atoms with E-state index >= 15 is 0 Å². The Morgan fingerprint density at radius 1 is 1.47 bits per heavy atom. The Hall–Kier alpha value is -1.62. The van der Waals surface area contributed by atoms with Crippen LogP contribution in [0.25, 0.3) is 0 Å². The summed E-state index contributed by atoms with van der Waals surface area (Å²) < 4.78 is 4.73. The van der Waals surface area contributed by atoms with Gasteiger partial charge < -0.3 is 15.0 Å². The van der Waals surface area contributed by atoms with Gasteiger partial charge in [0.25, 0.3) is 0 Å². The molecule has 0 radical (unpaired) electrons. The Kier molecular flexibility index (Phi) is 3.38. The minimum absolute atomic E-state index is 0.320. The third kappa shape index (κ3) is 2.56. The third-order valence-electron chi connectivity index (χ3n) is 4.17. The fourth-order valence-corrected chi connectivity index (χ4v) is 3.07. The van der Waals surface area contributed by atoms with Crippen molar-refractivity contribution in [2.75, 3.05) is 32.1 Å². The second-order valence-electron chi connectivity index (χ2n) is 5.31. The summed E-state index contributed by atoms with van der Waals surface area (Å²) in [6, 6.07) is 3.89. The molecular weight excluding hydrogens is 242 g/mol. The normalized spacial score (nSPS) is 29.0. The van der Waals surface area contributed by atoms with Gasteiger partial charge in [0.1, 0.15) is 5.82 Å². The highest BCUT2D eigenvalue weighted by Gasteiger charge is 2.34. The van der Waals surface area contributed by atoms with E-state index in [-0.39, 0.29) is 5.97 Å². The number of methoxy groups -OCH3 is 1. The van der Waals surface area contributed by atoms with E-state index in [9.17, 15) is 4.79 Å². The molecule has 4 heterocycles. The zero-order valence-electron chi connectivity index (χ0n) is 11.1. The number of nitrogens with zero attached hydrogens (tertiary/aromatic N) is 2. The minimum atomic E-state index is -0.320. The molecule has 1 aromatic rings. The molecule has 4 rings (SSSR count). The molecule has 1 N–H and O–H groups in total. The molecule has 3 saturated heterocycles. The predicted molar refractivity (Wildman–Crippen MR) is 72.2 cm³/mol. The lowest BCUT2D eigenvalue weighted by atomic mass is 9.84. The molecule has 1 unspecified atom stereocenters. The van der Waals surface area contributed by atoms with Crippen LogP contribution < -0.4 is 5.32 Å². The molecule has 5 nitrogen and oxygen atoms in total. The fraction of sp³-hybridized carbons (Fsp3) is 0.571. The number of fused-ring (bicyclic) bond motifs is 3. The Balaban J connectivity index is 1.71. The van der Waals surface area contributed by atoms with Crippen LogP contribution in [0.5, 0.6) is 0 Å². The van der Waals surface area contributed by atoms with Gasteiger partial charge in [-0.05, 0) is 44.0 Å². The summed E-state index contributed by atoms with van der Waals surface area (Å²) in [5.74, 6) is 1.18. The average Bonchev–Trinajstić information content (AvgIpc) is 2.48. The van der Waals surface area contributed by atoms with E-state index in [1.807, 2.05) is 0 Å². The molecule has 0 spiro atoms. The van der Waals surface area contributed by atoms with Crippen molar-refractivity contribution in [3.8, 4) is 0 Å². The second kappa shape index (κ2) is 5.17. The smallest absolute Gasteiger partial charge is 0.338 e. The first-order valence-corrected chi connectivity index (χ1v) is 6.79. The van der Waals surface area contributed by atoms with Crippen LogP contribution in [0.4, 0.5) is 5.82 Å². The summed E-state index contributed by atoms with van der Waals surface area (Å²) in [6.45, 7) is 3.52. The van der Waals surface area contributed by atoms with Gasteiger partial charge in [0, 0.05) is 18.8 Å². The molecule has 5 heteroatoms. The quantitative estimate of drug-likeness (QED) is 0.833. The molecule has 0 aliphatic carbocycles. The average molecular weight is 261 g/mol. The summed E-state index contributed by atoms with van der Waals surface area (Å²) in [7, 11) is 1.39. The van der Waals surface area contributed by atoms with Crippen LogP contribution in [0.3, 0.4) is 0 Å².